The number of urea groups is 1. The van der Waals surface area contributed by atoms with Crippen LogP contribution < -0.4 is 10.6 Å². The van der Waals surface area contributed by atoms with Gasteiger partial charge in [0.15, 0.2) is 0 Å². The maximum Gasteiger partial charge on any atom is 0.321 e. The summed E-state index contributed by atoms with van der Waals surface area (Å²) in [6, 6.07) is 0.240. The first-order valence-corrected chi connectivity index (χ1v) is 7.14. The fourth-order valence-electron chi connectivity index (χ4n) is 2.90. The standard InChI is InChI=1S/C12H20ClN3O2/c13-6-4-11(17)15-12(18)14-9-5-8-16-7-2-1-3-10(9)16/h9-10H,1-8H2,(H2,14,15,17,18). The summed E-state index contributed by atoms with van der Waals surface area (Å²) in [7, 11) is 0. The lowest BCUT2D eigenvalue weighted by atomic mass is 9.99. The third-order valence-electron chi connectivity index (χ3n) is 3.75. The van der Waals surface area contributed by atoms with Gasteiger partial charge in [0.05, 0.1) is 0 Å². The summed E-state index contributed by atoms with van der Waals surface area (Å²) < 4.78 is 0. The summed E-state index contributed by atoms with van der Waals surface area (Å²) in [5, 5.41) is 5.22. The van der Waals surface area contributed by atoms with Crippen molar-refractivity contribution >= 4 is 23.5 Å². The van der Waals surface area contributed by atoms with E-state index in [4.69, 9.17) is 11.6 Å². The van der Waals surface area contributed by atoms with E-state index in [9.17, 15) is 9.59 Å². The van der Waals surface area contributed by atoms with Crippen molar-refractivity contribution in [3.63, 3.8) is 0 Å². The van der Waals surface area contributed by atoms with Crippen molar-refractivity contribution < 1.29 is 9.59 Å². The normalized spacial score (nSPS) is 27.6. The summed E-state index contributed by atoms with van der Waals surface area (Å²) in [5.41, 5.74) is 0. The molecule has 2 rings (SSSR count). The second-order valence-electron chi connectivity index (χ2n) is 4.95. The molecule has 2 atom stereocenters. The average Bonchev–Trinajstić information content (AvgIpc) is 2.73. The van der Waals surface area contributed by atoms with Crippen molar-refractivity contribution in [1.82, 2.24) is 15.5 Å². The van der Waals surface area contributed by atoms with Gasteiger partial charge in [-0.1, -0.05) is 6.42 Å². The summed E-state index contributed by atoms with van der Waals surface area (Å²) in [6.45, 7) is 2.18. The fourth-order valence-corrected chi connectivity index (χ4v) is 3.07. The van der Waals surface area contributed by atoms with Crippen LogP contribution in [0.5, 0.6) is 0 Å². The molecule has 0 spiro atoms. The maximum absolute atomic E-state index is 11.7. The van der Waals surface area contributed by atoms with Crippen LogP contribution in [-0.2, 0) is 4.79 Å². The van der Waals surface area contributed by atoms with Crippen LogP contribution in [0.25, 0.3) is 0 Å². The van der Waals surface area contributed by atoms with E-state index in [0.717, 1.165) is 25.9 Å². The molecule has 5 nitrogen and oxygen atoms in total. The van der Waals surface area contributed by atoms with Gasteiger partial charge in [-0.2, -0.15) is 0 Å². The number of nitrogens with one attached hydrogen (secondary N) is 2. The second kappa shape index (κ2) is 6.38. The maximum atomic E-state index is 11.7. The van der Waals surface area contributed by atoms with Gasteiger partial charge in [-0.25, -0.2) is 4.79 Å². The highest BCUT2D eigenvalue weighted by Crippen LogP contribution is 2.26. The number of piperidine rings is 1. The Morgan fingerprint density at radius 2 is 2.06 bits per heavy atom. The number of fused-ring (bicyclic) bond motifs is 1. The van der Waals surface area contributed by atoms with Gasteiger partial charge in [0.2, 0.25) is 5.91 Å². The number of rotatable bonds is 3. The van der Waals surface area contributed by atoms with Crippen molar-refractivity contribution in [2.45, 2.75) is 44.2 Å². The molecule has 2 heterocycles. The molecule has 0 radical (unpaired) electrons. The van der Waals surface area contributed by atoms with E-state index in [1.807, 2.05) is 0 Å². The minimum atomic E-state index is -0.387. The predicted octanol–water partition coefficient (Wildman–Crippen LogP) is 1.07. The van der Waals surface area contributed by atoms with Gasteiger partial charge in [-0.05, 0) is 25.8 Å². The van der Waals surface area contributed by atoms with Crippen LogP contribution in [0, 0.1) is 0 Å². The van der Waals surface area contributed by atoms with Gasteiger partial charge in [0.1, 0.15) is 0 Å². The molecule has 102 valence electrons. The van der Waals surface area contributed by atoms with Crippen LogP contribution in [0.1, 0.15) is 32.1 Å². The van der Waals surface area contributed by atoms with Gasteiger partial charge in [0.25, 0.3) is 0 Å². The molecule has 6 heteroatoms. The van der Waals surface area contributed by atoms with Gasteiger partial charge in [0, 0.05) is 30.9 Å². The highest BCUT2D eigenvalue weighted by atomic mass is 35.5. The number of imide groups is 1. The number of halogens is 1. The summed E-state index contributed by atoms with van der Waals surface area (Å²) >= 11 is 5.44. The molecule has 0 aromatic heterocycles. The number of carbonyl (C=O) groups is 2. The fraction of sp³-hybridized carbons (Fsp3) is 0.833. The van der Waals surface area contributed by atoms with E-state index in [1.54, 1.807) is 0 Å². The lowest BCUT2D eigenvalue weighted by molar-refractivity contribution is -0.119. The molecule has 0 aliphatic carbocycles. The van der Waals surface area contributed by atoms with Crippen LogP contribution in [0.4, 0.5) is 4.79 Å². The van der Waals surface area contributed by atoms with E-state index in [1.165, 1.54) is 12.8 Å². The first-order chi connectivity index (χ1) is 8.70. The summed E-state index contributed by atoms with van der Waals surface area (Å²) in [4.78, 5) is 25.3. The van der Waals surface area contributed by atoms with E-state index in [0.29, 0.717) is 6.04 Å². The molecule has 0 saturated carbocycles. The molecular weight excluding hydrogens is 254 g/mol. The van der Waals surface area contributed by atoms with Crippen LogP contribution >= 0.6 is 11.6 Å². The largest absolute Gasteiger partial charge is 0.333 e. The molecule has 0 aromatic carbocycles. The smallest absolute Gasteiger partial charge is 0.321 e. The molecule has 0 aromatic rings. The Morgan fingerprint density at radius 3 is 2.83 bits per heavy atom. The molecule has 2 unspecified atom stereocenters. The third-order valence-corrected chi connectivity index (χ3v) is 3.94. The number of hydrogen-bond acceptors (Lipinski definition) is 3. The first-order valence-electron chi connectivity index (χ1n) is 6.61. The zero-order chi connectivity index (χ0) is 13.0. The lowest BCUT2D eigenvalue weighted by Gasteiger charge is -2.32. The quantitative estimate of drug-likeness (QED) is 0.756. The summed E-state index contributed by atoms with van der Waals surface area (Å²) in [6.07, 6.45) is 4.77. The van der Waals surface area contributed by atoms with E-state index in [-0.39, 0.29) is 30.3 Å². The molecule has 2 aliphatic rings. The van der Waals surface area contributed by atoms with Gasteiger partial charge in [-0.15, -0.1) is 11.6 Å². The number of alkyl halides is 1. The Labute approximate surface area is 112 Å². The molecule has 2 N–H and O–H groups in total. The summed E-state index contributed by atoms with van der Waals surface area (Å²) in [5.74, 6) is -0.0835. The Bertz CT molecular complexity index is 324. The minimum absolute atomic E-state index is 0.175. The zero-order valence-corrected chi connectivity index (χ0v) is 11.2. The van der Waals surface area contributed by atoms with Crippen LogP contribution in [0.3, 0.4) is 0 Å². The minimum Gasteiger partial charge on any atom is -0.333 e. The van der Waals surface area contributed by atoms with Crippen molar-refractivity contribution in [2.75, 3.05) is 19.0 Å². The monoisotopic (exact) mass is 273 g/mol. The Morgan fingerprint density at radius 1 is 1.22 bits per heavy atom. The second-order valence-corrected chi connectivity index (χ2v) is 5.33. The van der Waals surface area contributed by atoms with Gasteiger partial charge >= 0.3 is 6.03 Å². The Balaban J connectivity index is 1.79. The van der Waals surface area contributed by atoms with Gasteiger partial charge in [-0.3, -0.25) is 15.0 Å². The highest BCUT2D eigenvalue weighted by molar-refractivity contribution is 6.19. The Kier molecular flexibility index (Phi) is 4.83. The lowest BCUT2D eigenvalue weighted by Crippen LogP contribution is -2.50. The average molecular weight is 274 g/mol. The van der Waals surface area contributed by atoms with Crippen LogP contribution in [0.2, 0.25) is 0 Å². The number of nitrogens with zero attached hydrogens (tertiary/aromatic N) is 1. The molecule has 3 amide bonds. The highest BCUT2D eigenvalue weighted by Gasteiger charge is 2.36. The van der Waals surface area contributed by atoms with Gasteiger partial charge < -0.3 is 5.32 Å². The topological polar surface area (TPSA) is 61.4 Å². The zero-order valence-electron chi connectivity index (χ0n) is 10.5. The third kappa shape index (κ3) is 3.36. The van der Waals surface area contributed by atoms with Crippen molar-refractivity contribution in [2.24, 2.45) is 0 Å². The predicted molar refractivity (Wildman–Crippen MR) is 69.6 cm³/mol. The number of amides is 3. The molecular formula is C12H20ClN3O2. The molecule has 2 saturated heterocycles. The first kappa shape index (κ1) is 13.6. The van der Waals surface area contributed by atoms with E-state index in [2.05, 4.69) is 15.5 Å². The van der Waals surface area contributed by atoms with Crippen LogP contribution in [-0.4, -0.2) is 47.9 Å². The molecule has 2 fully saturated rings. The number of hydrogen-bond donors (Lipinski definition) is 2. The van der Waals surface area contributed by atoms with Crippen molar-refractivity contribution in [3.05, 3.63) is 0 Å². The van der Waals surface area contributed by atoms with Crippen molar-refractivity contribution in [3.8, 4) is 0 Å². The van der Waals surface area contributed by atoms with Crippen LogP contribution in [0.15, 0.2) is 0 Å². The Hall–Kier alpha value is -0.810. The number of carbonyl (C=O) groups excluding carboxylic acids is 2. The molecule has 2 aliphatic heterocycles. The molecule has 0 bridgehead atoms. The van der Waals surface area contributed by atoms with E-state index >= 15 is 0 Å². The molecule has 18 heavy (non-hydrogen) atoms. The SMILES string of the molecule is O=C(CCCl)NC(=O)NC1CCN2CCCCC12. The van der Waals surface area contributed by atoms with Crippen molar-refractivity contribution in [1.29, 1.82) is 0 Å². The van der Waals surface area contributed by atoms with E-state index < -0.39 is 0 Å².